The van der Waals surface area contributed by atoms with E-state index in [0.717, 1.165) is 56.5 Å². The molecule has 1 fully saturated rings. The van der Waals surface area contributed by atoms with Crippen LogP contribution in [0.3, 0.4) is 0 Å². The average Bonchev–Trinajstić information content (AvgIpc) is 2.76. The largest absolute Gasteiger partial charge is 0.356 e. The van der Waals surface area contributed by atoms with Gasteiger partial charge in [-0.15, -0.1) is 5.92 Å². The number of rotatable bonds is 4. The molecular formula is C23H30N6O2. The first-order valence-corrected chi connectivity index (χ1v) is 11.1. The molecule has 0 radical (unpaired) electrons. The van der Waals surface area contributed by atoms with Crippen LogP contribution in [0.5, 0.6) is 0 Å². The molecule has 1 aliphatic heterocycles. The highest BCUT2D eigenvalue weighted by Crippen LogP contribution is 2.22. The molecule has 164 valence electrons. The molecule has 1 aliphatic carbocycles. The Balaban J connectivity index is 1.75. The van der Waals surface area contributed by atoms with Gasteiger partial charge in [-0.05, 0) is 57.9 Å². The summed E-state index contributed by atoms with van der Waals surface area (Å²) >= 11 is 0. The summed E-state index contributed by atoms with van der Waals surface area (Å²) in [7, 11) is 0. The summed E-state index contributed by atoms with van der Waals surface area (Å²) in [5.74, 6) is 6.91. The van der Waals surface area contributed by atoms with Gasteiger partial charge >= 0.3 is 5.69 Å². The number of nitrogens with zero attached hydrogens (tertiary/aromatic N) is 5. The minimum atomic E-state index is -0.386. The fraction of sp³-hybridized carbons (Fsp3) is 0.565. The molecule has 31 heavy (non-hydrogen) atoms. The van der Waals surface area contributed by atoms with Gasteiger partial charge in [0, 0.05) is 36.6 Å². The molecule has 2 aromatic heterocycles. The Morgan fingerprint density at radius 3 is 2.74 bits per heavy atom. The molecule has 3 heterocycles. The predicted octanol–water partition coefficient (Wildman–Crippen LogP) is 0.986. The molecule has 0 saturated carbocycles. The Morgan fingerprint density at radius 1 is 1.16 bits per heavy atom. The predicted molar refractivity (Wildman–Crippen MR) is 120 cm³/mol. The van der Waals surface area contributed by atoms with Crippen LogP contribution in [0.4, 0.5) is 5.82 Å². The minimum Gasteiger partial charge on any atom is -0.356 e. The number of piperidine rings is 1. The van der Waals surface area contributed by atoms with Crippen molar-refractivity contribution in [1.29, 1.82) is 0 Å². The number of nitrogens with two attached hydrogens (primary N) is 1. The highest BCUT2D eigenvalue weighted by Gasteiger charge is 2.23. The van der Waals surface area contributed by atoms with E-state index in [4.69, 9.17) is 10.7 Å². The van der Waals surface area contributed by atoms with Gasteiger partial charge in [0.05, 0.1) is 13.1 Å². The molecule has 0 unspecified atom stereocenters. The summed E-state index contributed by atoms with van der Waals surface area (Å²) < 4.78 is 2.79. The minimum absolute atomic E-state index is 0.0314. The van der Waals surface area contributed by atoms with Crippen LogP contribution < -0.4 is 21.9 Å². The van der Waals surface area contributed by atoms with Crippen LogP contribution in [0, 0.1) is 18.8 Å². The van der Waals surface area contributed by atoms with Crippen molar-refractivity contribution in [3.63, 3.8) is 0 Å². The van der Waals surface area contributed by atoms with Crippen molar-refractivity contribution >= 4 is 5.82 Å². The molecule has 4 rings (SSSR count). The Morgan fingerprint density at radius 2 is 1.97 bits per heavy atom. The standard InChI is InChI=1S/C23H30N6O2/c1-3-4-12-28-21(27-11-7-8-17(24)14-27)13-22(30)29(23(28)31)15-20-25-16(2)18-9-5-6-10-19(18)26-20/h13,17H,5-12,14-15,24H2,1-2H3/t17-/m1/s1. The van der Waals surface area contributed by atoms with Gasteiger partial charge in [-0.2, -0.15) is 0 Å². The van der Waals surface area contributed by atoms with Crippen molar-refractivity contribution in [2.75, 3.05) is 18.0 Å². The van der Waals surface area contributed by atoms with Crippen molar-refractivity contribution in [2.24, 2.45) is 5.73 Å². The normalized spacial score (nSPS) is 18.3. The van der Waals surface area contributed by atoms with Crippen molar-refractivity contribution in [1.82, 2.24) is 19.1 Å². The molecule has 0 aromatic carbocycles. The third kappa shape index (κ3) is 4.42. The van der Waals surface area contributed by atoms with Gasteiger partial charge in [0.25, 0.3) is 5.56 Å². The smallest absolute Gasteiger partial charge is 0.333 e. The lowest BCUT2D eigenvalue weighted by atomic mass is 9.95. The number of hydrogen-bond donors (Lipinski definition) is 1. The van der Waals surface area contributed by atoms with Crippen LogP contribution in [0.25, 0.3) is 0 Å². The van der Waals surface area contributed by atoms with Gasteiger partial charge < -0.3 is 10.6 Å². The molecule has 1 atom stereocenters. The maximum Gasteiger partial charge on any atom is 0.333 e. The Bertz CT molecular complexity index is 1150. The number of anilines is 1. The molecule has 2 aliphatic rings. The zero-order chi connectivity index (χ0) is 22.0. The highest BCUT2D eigenvalue weighted by atomic mass is 16.2. The molecule has 0 spiro atoms. The fourth-order valence-electron chi connectivity index (χ4n) is 4.59. The average molecular weight is 423 g/mol. The maximum absolute atomic E-state index is 13.4. The molecular weight excluding hydrogens is 392 g/mol. The van der Waals surface area contributed by atoms with Crippen LogP contribution in [0.1, 0.15) is 55.4 Å². The van der Waals surface area contributed by atoms with E-state index in [0.29, 0.717) is 18.2 Å². The maximum atomic E-state index is 13.4. The van der Waals surface area contributed by atoms with E-state index >= 15 is 0 Å². The van der Waals surface area contributed by atoms with Crippen molar-refractivity contribution in [3.8, 4) is 11.8 Å². The fourth-order valence-corrected chi connectivity index (χ4v) is 4.59. The second-order valence-corrected chi connectivity index (χ2v) is 8.43. The van der Waals surface area contributed by atoms with Gasteiger partial charge in [-0.1, -0.05) is 5.92 Å². The number of aromatic nitrogens is 4. The van der Waals surface area contributed by atoms with Crippen LogP contribution in [-0.2, 0) is 25.9 Å². The second kappa shape index (κ2) is 9.06. The highest BCUT2D eigenvalue weighted by molar-refractivity contribution is 5.40. The van der Waals surface area contributed by atoms with E-state index in [-0.39, 0.29) is 30.4 Å². The van der Waals surface area contributed by atoms with Crippen molar-refractivity contribution in [3.05, 3.63) is 49.7 Å². The lowest BCUT2D eigenvalue weighted by Gasteiger charge is -2.33. The van der Waals surface area contributed by atoms with Crippen LogP contribution in [0.15, 0.2) is 15.7 Å². The molecule has 2 aromatic rings. The zero-order valence-electron chi connectivity index (χ0n) is 18.4. The molecule has 1 saturated heterocycles. The zero-order valence-corrected chi connectivity index (χ0v) is 18.4. The van der Waals surface area contributed by atoms with E-state index in [2.05, 4.69) is 16.8 Å². The SMILES string of the molecule is CC#CCn1c(N2CCC[C@@H](N)C2)cc(=O)n(Cc2nc(C)c3c(n2)CCCC3)c1=O. The van der Waals surface area contributed by atoms with E-state index < -0.39 is 0 Å². The van der Waals surface area contributed by atoms with Crippen molar-refractivity contribution in [2.45, 2.75) is 71.5 Å². The number of aryl methyl sites for hydroxylation is 2. The van der Waals surface area contributed by atoms with E-state index in [1.807, 2.05) is 11.8 Å². The number of fused-ring (bicyclic) bond motifs is 1. The first-order valence-electron chi connectivity index (χ1n) is 11.1. The quantitative estimate of drug-likeness (QED) is 0.738. The van der Waals surface area contributed by atoms with Gasteiger partial charge in [0.2, 0.25) is 0 Å². The summed E-state index contributed by atoms with van der Waals surface area (Å²) in [5, 5.41) is 0. The molecule has 0 bridgehead atoms. The van der Waals surface area contributed by atoms with Crippen LogP contribution in [0.2, 0.25) is 0 Å². The molecule has 8 heteroatoms. The Kier molecular flexibility index (Phi) is 6.23. The van der Waals surface area contributed by atoms with E-state index in [9.17, 15) is 9.59 Å². The first-order chi connectivity index (χ1) is 15.0. The Hall–Kier alpha value is -2.92. The lowest BCUT2D eigenvalue weighted by Crippen LogP contribution is -2.48. The van der Waals surface area contributed by atoms with Crippen LogP contribution in [-0.4, -0.2) is 38.2 Å². The summed E-state index contributed by atoms with van der Waals surface area (Å²) in [6, 6.07) is 1.56. The Labute approximate surface area is 182 Å². The lowest BCUT2D eigenvalue weighted by molar-refractivity contribution is 0.490. The summed E-state index contributed by atoms with van der Waals surface area (Å²) in [6.45, 7) is 5.39. The summed E-state index contributed by atoms with van der Waals surface area (Å²) in [5.41, 5.74) is 8.62. The topological polar surface area (TPSA) is 99.0 Å². The van der Waals surface area contributed by atoms with Crippen LogP contribution >= 0.6 is 0 Å². The third-order valence-corrected chi connectivity index (χ3v) is 6.19. The van der Waals surface area contributed by atoms with Crippen molar-refractivity contribution < 1.29 is 0 Å². The number of hydrogen-bond acceptors (Lipinski definition) is 6. The second-order valence-electron chi connectivity index (χ2n) is 8.43. The van der Waals surface area contributed by atoms with Gasteiger partial charge in [-0.3, -0.25) is 13.9 Å². The third-order valence-electron chi connectivity index (χ3n) is 6.19. The summed E-state index contributed by atoms with van der Waals surface area (Å²) in [4.78, 5) is 37.7. The summed E-state index contributed by atoms with van der Waals surface area (Å²) in [6.07, 6.45) is 6.06. The monoisotopic (exact) mass is 422 g/mol. The van der Waals surface area contributed by atoms with E-state index in [1.165, 1.54) is 16.2 Å². The first kappa shape index (κ1) is 21.3. The molecule has 8 nitrogen and oxygen atoms in total. The molecule has 2 N–H and O–H groups in total. The van der Waals surface area contributed by atoms with Gasteiger partial charge in [-0.25, -0.2) is 14.8 Å². The van der Waals surface area contributed by atoms with Gasteiger partial charge in [0.15, 0.2) is 0 Å². The van der Waals surface area contributed by atoms with E-state index in [1.54, 1.807) is 11.5 Å². The van der Waals surface area contributed by atoms with Gasteiger partial charge in [0.1, 0.15) is 11.6 Å². The molecule has 0 amide bonds.